The number of hydrogen-bond donors (Lipinski definition) is 1. The lowest BCUT2D eigenvalue weighted by Crippen LogP contribution is -2.06. The van der Waals surface area contributed by atoms with Crippen molar-refractivity contribution in [3.05, 3.63) is 58.1 Å². The van der Waals surface area contributed by atoms with E-state index < -0.39 is 0 Å². The molecule has 98 valence electrons. The van der Waals surface area contributed by atoms with E-state index in [-0.39, 0.29) is 5.78 Å². The Kier molecular flexibility index (Phi) is 3.76. The number of halogens is 1. The Labute approximate surface area is 117 Å². The molecule has 0 saturated heterocycles. The predicted molar refractivity (Wildman–Crippen MR) is 77.0 cm³/mol. The summed E-state index contributed by atoms with van der Waals surface area (Å²) in [4.78, 5) is 12.4. The van der Waals surface area contributed by atoms with Crippen molar-refractivity contribution in [2.45, 2.75) is 6.92 Å². The van der Waals surface area contributed by atoms with Crippen LogP contribution in [0.2, 0.25) is 5.02 Å². The molecule has 3 nitrogen and oxygen atoms in total. The number of nitrogen functional groups attached to an aromatic ring is 1. The smallest absolute Gasteiger partial charge is 0.195 e. The molecule has 0 unspecified atom stereocenters. The van der Waals surface area contributed by atoms with Crippen LogP contribution in [-0.2, 0) is 0 Å². The average Bonchev–Trinajstić information content (AvgIpc) is 2.41. The van der Waals surface area contributed by atoms with Gasteiger partial charge in [-0.3, -0.25) is 4.79 Å². The number of hydrogen-bond acceptors (Lipinski definition) is 3. The van der Waals surface area contributed by atoms with E-state index >= 15 is 0 Å². The number of aryl methyl sites for hydroxylation is 1. The minimum atomic E-state index is -0.147. The van der Waals surface area contributed by atoms with Crippen LogP contribution < -0.4 is 10.5 Å². The van der Waals surface area contributed by atoms with Gasteiger partial charge in [-0.25, -0.2) is 0 Å². The molecule has 2 N–H and O–H groups in total. The highest BCUT2D eigenvalue weighted by molar-refractivity contribution is 6.32. The maximum atomic E-state index is 12.4. The van der Waals surface area contributed by atoms with E-state index in [1.807, 2.05) is 19.1 Å². The van der Waals surface area contributed by atoms with Gasteiger partial charge in [-0.2, -0.15) is 0 Å². The van der Waals surface area contributed by atoms with Crippen molar-refractivity contribution in [1.29, 1.82) is 0 Å². The Morgan fingerprint density at radius 3 is 2.63 bits per heavy atom. The topological polar surface area (TPSA) is 52.3 Å². The highest BCUT2D eigenvalue weighted by Crippen LogP contribution is 2.27. The molecule has 4 heteroatoms. The van der Waals surface area contributed by atoms with Crippen LogP contribution in [0.25, 0.3) is 0 Å². The number of anilines is 1. The Morgan fingerprint density at radius 2 is 2.00 bits per heavy atom. The van der Waals surface area contributed by atoms with Gasteiger partial charge in [-0.1, -0.05) is 23.7 Å². The van der Waals surface area contributed by atoms with Gasteiger partial charge in [0.25, 0.3) is 0 Å². The maximum Gasteiger partial charge on any atom is 0.195 e. The number of rotatable bonds is 3. The molecule has 0 radical (unpaired) electrons. The van der Waals surface area contributed by atoms with E-state index in [9.17, 15) is 4.79 Å². The Morgan fingerprint density at radius 1 is 1.26 bits per heavy atom. The first-order valence-electron chi connectivity index (χ1n) is 5.78. The third-order valence-corrected chi connectivity index (χ3v) is 3.28. The molecule has 2 rings (SSSR count). The zero-order valence-corrected chi connectivity index (χ0v) is 11.5. The van der Waals surface area contributed by atoms with Gasteiger partial charge in [-0.15, -0.1) is 0 Å². The minimum absolute atomic E-state index is 0.147. The molecule has 0 heterocycles. The molecule has 2 aromatic rings. The van der Waals surface area contributed by atoms with Gasteiger partial charge in [-0.05, 0) is 36.8 Å². The third kappa shape index (κ3) is 2.56. The van der Waals surface area contributed by atoms with Crippen molar-refractivity contribution in [2.75, 3.05) is 12.8 Å². The predicted octanol–water partition coefficient (Wildman–Crippen LogP) is 3.47. The number of nitrogens with two attached hydrogens (primary N) is 1. The molecule has 19 heavy (non-hydrogen) atoms. The molecule has 0 amide bonds. The van der Waals surface area contributed by atoms with E-state index in [1.54, 1.807) is 24.3 Å². The van der Waals surface area contributed by atoms with Crippen molar-refractivity contribution in [1.82, 2.24) is 0 Å². The van der Waals surface area contributed by atoms with E-state index in [4.69, 9.17) is 22.1 Å². The van der Waals surface area contributed by atoms with Gasteiger partial charge in [0.05, 0.1) is 12.1 Å². The number of para-hydroxylation sites is 1. The second-order valence-corrected chi connectivity index (χ2v) is 4.62. The number of benzene rings is 2. The van der Waals surface area contributed by atoms with Crippen LogP contribution in [0.1, 0.15) is 21.5 Å². The summed E-state index contributed by atoms with van der Waals surface area (Å²) in [6.45, 7) is 1.87. The fourth-order valence-corrected chi connectivity index (χ4v) is 2.10. The molecule has 0 fully saturated rings. The summed E-state index contributed by atoms with van der Waals surface area (Å²) < 4.78 is 5.06. The summed E-state index contributed by atoms with van der Waals surface area (Å²) in [6, 6.07) is 10.3. The van der Waals surface area contributed by atoms with Crippen molar-refractivity contribution in [2.24, 2.45) is 0 Å². The normalized spacial score (nSPS) is 10.3. The van der Waals surface area contributed by atoms with E-state index in [1.165, 1.54) is 7.11 Å². The number of carbonyl (C=O) groups excluding carboxylic acids is 1. The highest BCUT2D eigenvalue weighted by Gasteiger charge is 2.14. The first-order valence-corrected chi connectivity index (χ1v) is 6.15. The van der Waals surface area contributed by atoms with E-state index in [0.29, 0.717) is 27.6 Å². The SMILES string of the molecule is COc1ccc(C(=O)c2cccc(C)c2N)cc1Cl. The standard InChI is InChI=1S/C15H14ClNO2/c1-9-4-3-5-11(14(9)17)15(18)10-6-7-13(19-2)12(16)8-10/h3-8H,17H2,1-2H3. The van der Waals surface area contributed by atoms with Crippen LogP contribution in [0.4, 0.5) is 5.69 Å². The number of carbonyl (C=O) groups is 1. The molecule has 0 saturated carbocycles. The van der Waals surface area contributed by atoms with Crippen LogP contribution >= 0.6 is 11.6 Å². The van der Waals surface area contributed by atoms with Gasteiger partial charge in [0.15, 0.2) is 5.78 Å². The van der Waals surface area contributed by atoms with Gasteiger partial charge < -0.3 is 10.5 Å². The molecular weight excluding hydrogens is 262 g/mol. The summed E-state index contributed by atoms with van der Waals surface area (Å²) in [7, 11) is 1.53. The summed E-state index contributed by atoms with van der Waals surface area (Å²) >= 11 is 6.02. The summed E-state index contributed by atoms with van der Waals surface area (Å²) in [5.74, 6) is 0.390. The van der Waals surface area contributed by atoms with Gasteiger partial charge in [0, 0.05) is 16.8 Å². The average molecular weight is 276 g/mol. The van der Waals surface area contributed by atoms with Crippen molar-refractivity contribution >= 4 is 23.1 Å². The Hall–Kier alpha value is -2.00. The van der Waals surface area contributed by atoms with Crippen LogP contribution in [0.15, 0.2) is 36.4 Å². The zero-order chi connectivity index (χ0) is 14.0. The molecule has 0 aromatic heterocycles. The van der Waals surface area contributed by atoms with Crippen molar-refractivity contribution in [3.63, 3.8) is 0 Å². The minimum Gasteiger partial charge on any atom is -0.495 e. The molecule has 0 spiro atoms. The maximum absolute atomic E-state index is 12.4. The Bertz CT molecular complexity index is 638. The van der Waals surface area contributed by atoms with Gasteiger partial charge >= 0.3 is 0 Å². The molecule has 0 aliphatic rings. The van der Waals surface area contributed by atoms with E-state index in [0.717, 1.165) is 5.56 Å². The highest BCUT2D eigenvalue weighted by atomic mass is 35.5. The van der Waals surface area contributed by atoms with Crippen molar-refractivity contribution in [3.8, 4) is 5.75 Å². The van der Waals surface area contributed by atoms with Crippen LogP contribution in [-0.4, -0.2) is 12.9 Å². The molecule has 0 aliphatic carbocycles. The molecule has 0 bridgehead atoms. The second kappa shape index (κ2) is 5.33. The quantitative estimate of drug-likeness (QED) is 0.689. The summed E-state index contributed by atoms with van der Waals surface area (Å²) in [6.07, 6.45) is 0. The number of methoxy groups -OCH3 is 1. The largest absolute Gasteiger partial charge is 0.495 e. The third-order valence-electron chi connectivity index (χ3n) is 2.98. The first kappa shape index (κ1) is 13.4. The first-order chi connectivity index (χ1) is 9.04. The molecule has 0 aliphatic heterocycles. The Balaban J connectivity index is 2.44. The zero-order valence-electron chi connectivity index (χ0n) is 10.7. The molecule has 2 aromatic carbocycles. The number of ketones is 1. The lowest BCUT2D eigenvalue weighted by Gasteiger charge is -2.09. The monoisotopic (exact) mass is 275 g/mol. The van der Waals surface area contributed by atoms with Crippen LogP contribution in [0.3, 0.4) is 0 Å². The van der Waals surface area contributed by atoms with E-state index in [2.05, 4.69) is 0 Å². The van der Waals surface area contributed by atoms with Gasteiger partial charge in [0.2, 0.25) is 0 Å². The number of ether oxygens (including phenoxy) is 1. The molecule has 0 atom stereocenters. The lowest BCUT2D eigenvalue weighted by molar-refractivity contribution is 0.103. The second-order valence-electron chi connectivity index (χ2n) is 4.21. The lowest BCUT2D eigenvalue weighted by atomic mass is 9.99. The van der Waals surface area contributed by atoms with Crippen LogP contribution in [0, 0.1) is 6.92 Å². The summed E-state index contributed by atoms with van der Waals surface area (Å²) in [5.41, 5.74) is 8.29. The summed E-state index contributed by atoms with van der Waals surface area (Å²) in [5, 5.41) is 0.402. The van der Waals surface area contributed by atoms with Crippen molar-refractivity contribution < 1.29 is 9.53 Å². The fraction of sp³-hybridized carbons (Fsp3) is 0.133. The van der Waals surface area contributed by atoms with Crippen LogP contribution in [0.5, 0.6) is 5.75 Å². The molecular formula is C15H14ClNO2. The fourth-order valence-electron chi connectivity index (χ4n) is 1.84. The van der Waals surface area contributed by atoms with Gasteiger partial charge in [0.1, 0.15) is 5.75 Å².